The first-order valence-electron chi connectivity index (χ1n) is 5.78. The minimum atomic E-state index is -0.206. The highest BCUT2D eigenvalue weighted by atomic mass is 19.1. The van der Waals surface area contributed by atoms with Crippen molar-refractivity contribution in [2.75, 3.05) is 24.3 Å². The molecule has 0 aliphatic rings. The van der Waals surface area contributed by atoms with Crippen molar-refractivity contribution in [1.29, 1.82) is 0 Å². The molecule has 0 fully saturated rings. The molecule has 3 nitrogen and oxygen atoms in total. The lowest BCUT2D eigenvalue weighted by atomic mass is 10.2. The summed E-state index contributed by atoms with van der Waals surface area (Å²) in [5, 5.41) is 3.01. The fourth-order valence-corrected chi connectivity index (χ4v) is 1.75. The van der Waals surface area contributed by atoms with Gasteiger partial charge in [0.2, 0.25) is 0 Å². The highest BCUT2D eigenvalue weighted by Gasteiger charge is 2.03. The molecule has 0 aliphatic carbocycles. The third-order valence-electron chi connectivity index (χ3n) is 2.77. The van der Waals surface area contributed by atoms with Gasteiger partial charge in [-0.25, -0.2) is 9.37 Å². The van der Waals surface area contributed by atoms with Gasteiger partial charge in [0.05, 0.1) is 0 Å². The van der Waals surface area contributed by atoms with Gasteiger partial charge in [0.25, 0.3) is 0 Å². The first-order valence-corrected chi connectivity index (χ1v) is 5.78. The Kier molecular flexibility index (Phi) is 3.77. The molecule has 94 valence electrons. The number of halogens is 1. The van der Waals surface area contributed by atoms with Gasteiger partial charge in [-0.3, -0.25) is 0 Å². The molecular weight excluding hydrogens is 229 g/mol. The summed E-state index contributed by atoms with van der Waals surface area (Å²) < 4.78 is 12.8. The lowest BCUT2D eigenvalue weighted by molar-refractivity contribution is 0.627. The van der Waals surface area contributed by atoms with Crippen molar-refractivity contribution in [1.82, 2.24) is 4.98 Å². The van der Waals surface area contributed by atoms with Crippen molar-refractivity contribution < 1.29 is 4.39 Å². The molecule has 0 saturated heterocycles. The molecule has 1 aromatic heterocycles. The summed E-state index contributed by atoms with van der Waals surface area (Å²) in [5.74, 6) is 0.626. The normalized spacial score (nSPS) is 10.2. The van der Waals surface area contributed by atoms with E-state index in [-0.39, 0.29) is 5.82 Å². The largest absolute Gasteiger partial charge is 0.373 e. The third kappa shape index (κ3) is 2.97. The van der Waals surface area contributed by atoms with Crippen molar-refractivity contribution in [2.24, 2.45) is 0 Å². The maximum Gasteiger partial charge on any atom is 0.127 e. The Bertz CT molecular complexity index is 511. The van der Waals surface area contributed by atoms with Crippen LogP contribution in [0.5, 0.6) is 0 Å². The van der Waals surface area contributed by atoms with Crippen molar-refractivity contribution in [3.05, 3.63) is 54.0 Å². The number of benzene rings is 1. The summed E-state index contributed by atoms with van der Waals surface area (Å²) in [5.41, 5.74) is 2.14. The van der Waals surface area contributed by atoms with Crippen molar-refractivity contribution in [3.8, 4) is 0 Å². The quantitative estimate of drug-likeness (QED) is 0.897. The average molecular weight is 245 g/mol. The van der Waals surface area contributed by atoms with Gasteiger partial charge in [-0.15, -0.1) is 0 Å². The zero-order chi connectivity index (χ0) is 13.0. The van der Waals surface area contributed by atoms with Crippen molar-refractivity contribution >= 4 is 11.5 Å². The Labute approximate surface area is 106 Å². The maximum atomic E-state index is 12.8. The minimum Gasteiger partial charge on any atom is -0.373 e. The van der Waals surface area contributed by atoms with E-state index in [0.717, 1.165) is 23.6 Å². The standard InChI is InChI=1S/C14H16FN3/c1-16-14-9-13(7-8-17-14)18(2)10-11-3-5-12(15)6-4-11/h3-9H,10H2,1-2H3,(H,16,17). The molecule has 1 heterocycles. The van der Waals surface area contributed by atoms with Crippen LogP contribution in [0.1, 0.15) is 5.56 Å². The lowest BCUT2D eigenvalue weighted by Gasteiger charge is -2.19. The molecule has 1 aromatic carbocycles. The van der Waals surface area contributed by atoms with Crippen LogP contribution in [0.2, 0.25) is 0 Å². The summed E-state index contributed by atoms with van der Waals surface area (Å²) in [6, 6.07) is 10.5. The second-order valence-corrected chi connectivity index (χ2v) is 4.13. The molecule has 0 aliphatic heterocycles. The van der Waals surface area contributed by atoms with Crippen molar-refractivity contribution in [3.63, 3.8) is 0 Å². The molecule has 0 unspecified atom stereocenters. The van der Waals surface area contributed by atoms with Crippen LogP contribution in [-0.2, 0) is 6.54 Å². The summed E-state index contributed by atoms with van der Waals surface area (Å²) in [7, 11) is 3.84. The SMILES string of the molecule is CNc1cc(N(C)Cc2ccc(F)cc2)ccn1. The van der Waals surface area contributed by atoms with Crippen LogP contribution in [-0.4, -0.2) is 19.1 Å². The van der Waals surface area contributed by atoms with Crippen LogP contribution < -0.4 is 10.2 Å². The van der Waals surface area contributed by atoms with Crippen LogP contribution in [0.25, 0.3) is 0 Å². The first kappa shape index (κ1) is 12.4. The minimum absolute atomic E-state index is 0.206. The molecule has 2 aromatic rings. The van der Waals surface area contributed by atoms with E-state index < -0.39 is 0 Å². The van der Waals surface area contributed by atoms with E-state index in [4.69, 9.17) is 0 Å². The summed E-state index contributed by atoms with van der Waals surface area (Å²) in [6.07, 6.45) is 1.77. The predicted molar refractivity (Wildman–Crippen MR) is 72.3 cm³/mol. The monoisotopic (exact) mass is 245 g/mol. The van der Waals surface area contributed by atoms with Crippen LogP contribution in [0, 0.1) is 5.82 Å². The molecule has 18 heavy (non-hydrogen) atoms. The highest BCUT2D eigenvalue weighted by molar-refractivity contribution is 5.53. The molecule has 0 amide bonds. The van der Waals surface area contributed by atoms with E-state index in [1.165, 1.54) is 12.1 Å². The van der Waals surface area contributed by atoms with Gasteiger partial charge < -0.3 is 10.2 Å². The Morgan fingerprint density at radius 2 is 1.94 bits per heavy atom. The van der Waals surface area contributed by atoms with Gasteiger partial charge in [-0.05, 0) is 23.8 Å². The zero-order valence-corrected chi connectivity index (χ0v) is 10.5. The molecule has 1 N–H and O–H groups in total. The Morgan fingerprint density at radius 1 is 1.22 bits per heavy atom. The molecule has 0 atom stereocenters. The van der Waals surface area contributed by atoms with Gasteiger partial charge in [0, 0.05) is 38.6 Å². The molecule has 0 bridgehead atoms. The third-order valence-corrected chi connectivity index (χ3v) is 2.77. The predicted octanol–water partition coefficient (Wildman–Crippen LogP) is 2.90. The summed E-state index contributed by atoms with van der Waals surface area (Å²) in [6.45, 7) is 0.730. The van der Waals surface area contributed by atoms with Crippen molar-refractivity contribution in [2.45, 2.75) is 6.54 Å². The molecule has 0 radical (unpaired) electrons. The topological polar surface area (TPSA) is 28.2 Å². The van der Waals surface area contributed by atoms with Crippen LogP contribution in [0.3, 0.4) is 0 Å². The molecular formula is C14H16FN3. The molecule has 0 saturated carbocycles. The number of nitrogens with zero attached hydrogens (tertiary/aromatic N) is 2. The van der Waals surface area contributed by atoms with E-state index in [2.05, 4.69) is 15.2 Å². The van der Waals surface area contributed by atoms with E-state index in [0.29, 0.717) is 0 Å². The number of aromatic nitrogens is 1. The average Bonchev–Trinajstić information content (AvgIpc) is 2.41. The van der Waals surface area contributed by atoms with Crippen LogP contribution in [0.15, 0.2) is 42.6 Å². The fourth-order valence-electron chi connectivity index (χ4n) is 1.75. The number of hydrogen-bond donors (Lipinski definition) is 1. The summed E-state index contributed by atoms with van der Waals surface area (Å²) in [4.78, 5) is 6.26. The number of rotatable bonds is 4. The van der Waals surface area contributed by atoms with E-state index in [1.54, 1.807) is 18.3 Å². The Hall–Kier alpha value is -2.10. The zero-order valence-electron chi connectivity index (χ0n) is 10.5. The van der Waals surface area contributed by atoms with Gasteiger partial charge in [0.15, 0.2) is 0 Å². The van der Waals surface area contributed by atoms with E-state index >= 15 is 0 Å². The lowest BCUT2D eigenvalue weighted by Crippen LogP contribution is -2.16. The van der Waals surface area contributed by atoms with Crippen LogP contribution in [0.4, 0.5) is 15.9 Å². The summed E-state index contributed by atoms with van der Waals surface area (Å²) >= 11 is 0. The number of pyridine rings is 1. The van der Waals surface area contributed by atoms with E-state index in [9.17, 15) is 4.39 Å². The van der Waals surface area contributed by atoms with Gasteiger partial charge >= 0.3 is 0 Å². The maximum absolute atomic E-state index is 12.8. The van der Waals surface area contributed by atoms with Gasteiger partial charge in [-0.1, -0.05) is 12.1 Å². The second-order valence-electron chi connectivity index (χ2n) is 4.13. The number of hydrogen-bond acceptors (Lipinski definition) is 3. The number of anilines is 2. The number of nitrogens with one attached hydrogen (secondary N) is 1. The Balaban J connectivity index is 2.11. The smallest absolute Gasteiger partial charge is 0.127 e. The van der Waals surface area contributed by atoms with Gasteiger partial charge in [0.1, 0.15) is 11.6 Å². The molecule has 2 rings (SSSR count). The first-order chi connectivity index (χ1) is 8.69. The fraction of sp³-hybridized carbons (Fsp3) is 0.214. The van der Waals surface area contributed by atoms with Crippen LogP contribution >= 0.6 is 0 Å². The van der Waals surface area contributed by atoms with Gasteiger partial charge in [-0.2, -0.15) is 0 Å². The molecule has 4 heteroatoms. The molecule has 0 spiro atoms. The highest BCUT2D eigenvalue weighted by Crippen LogP contribution is 2.17. The van der Waals surface area contributed by atoms with E-state index in [1.807, 2.05) is 26.2 Å². The second kappa shape index (κ2) is 5.49. The Morgan fingerprint density at radius 3 is 2.61 bits per heavy atom.